The molecule has 1 atom stereocenters. The van der Waals surface area contributed by atoms with E-state index in [4.69, 9.17) is 4.74 Å². The van der Waals surface area contributed by atoms with E-state index in [2.05, 4.69) is 5.32 Å². The number of benzene rings is 3. The molecular weight excluding hydrogens is 562 g/mol. The van der Waals surface area contributed by atoms with Gasteiger partial charge in [0.15, 0.2) is 0 Å². The van der Waals surface area contributed by atoms with E-state index in [-0.39, 0.29) is 41.5 Å². The van der Waals surface area contributed by atoms with Crippen LogP contribution in [0.4, 0.5) is 5.69 Å². The van der Waals surface area contributed by atoms with E-state index in [1.54, 1.807) is 26.0 Å². The Morgan fingerprint density at radius 1 is 0.829 bits per heavy atom. The van der Waals surface area contributed by atoms with Crippen LogP contribution in [0.2, 0.25) is 0 Å². The third-order valence-corrected chi connectivity index (χ3v) is 12.1. The quantitative estimate of drug-likeness (QED) is 0.464. The number of aryl methyl sites for hydroxylation is 2. The largest absolute Gasteiger partial charge is 0.379 e. The number of amides is 1. The Morgan fingerprint density at radius 2 is 1.46 bits per heavy atom. The molecule has 1 N–H and O–H groups in total. The smallest absolute Gasteiger partial charge is 0.244 e. The fourth-order valence-electron chi connectivity index (χ4n) is 5.56. The molecule has 2 aliphatic rings. The van der Waals surface area contributed by atoms with Gasteiger partial charge in [-0.05, 0) is 85.7 Å². The molecule has 0 saturated carbocycles. The van der Waals surface area contributed by atoms with Gasteiger partial charge in [0.25, 0.3) is 0 Å². The highest BCUT2D eigenvalue weighted by Gasteiger charge is 2.41. The Hall–Kier alpha value is -3.09. The number of morpholine rings is 1. The van der Waals surface area contributed by atoms with Crippen molar-refractivity contribution in [3.63, 3.8) is 0 Å². The molecule has 0 spiro atoms. The molecule has 9 nitrogen and oxygen atoms in total. The standard InChI is InChI=1S/C30H35N3O6S2/c1-20-16-21(2)23(4)29(22(20)3)41(37,38)33-19-25-9-6-5-8-24(25)17-28(33)30(34)31-26-10-7-11-27(18-26)40(35,36)32-12-14-39-15-13-32/h5-11,16,18,28H,12-15,17,19H2,1-4H3,(H,31,34). The van der Waals surface area contributed by atoms with Crippen molar-refractivity contribution in [3.8, 4) is 0 Å². The molecule has 1 saturated heterocycles. The highest BCUT2D eigenvalue weighted by molar-refractivity contribution is 7.89. The van der Waals surface area contributed by atoms with Gasteiger partial charge in [-0.1, -0.05) is 36.4 Å². The average Bonchev–Trinajstić information content (AvgIpc) is 2.96. The number of fused-ring (bicyclic) bond motifs is 1. The lowest BCUT2D eigenvalue weighted by Gasteiger charge is -2.36. The van der Waals surface area contributed by atoms with Gasteiger partial charge in [-0.3, -0.25) is 4.79 Å². The highest BCUT2D eigenvalue weighted by Crippen LogP contribution is 2.34. The third-order valence-electron chi connectivity index (χ3n) is 8.08. The second-order valence-corrected chi connectivity index (χ2v) is 14.4. The maximum absolute atomic E-state index is 14.3. The summed E-state index contributed by atoms with van der Waals surface area (Å²) >= 11 is 0. The molecule has 5 rings (SSSR count). The minimum atomic E-state index is -4.09. The monoisotopic (exact) mass is 597 g/mol. The second kappa shape index (κ2) is 11.3. The van der Waals surface area contributed by atoms with Crippen LogP contribution in [0.15, 0.2) is 64.4 Å². The van der Waals surface area contributed by atoms with Gasteiger partial charge in [0, 0.05) is 25.3 Å². The fraction of sp³-hybridized carbons (Fsp3) is 0.367. The lowest BCUT2D eigenvalue weighted by atomic mass is 9.95. The molecule has 1 unspecified atom stereocenters. The normalized spacial score (nSPS) is 18.6. The van der Waals surface area contributed by atoms with Crippen LogP contribution in [0.1, 0.15) is 33.4 Å². The summed E-state index contributed by atoms with van der Waals surface area (Å²) in [6.07, 6.45) is 0.190. The predicted molar refractivity (Wildman–Crippen MR) is 157 cm³/mol. The van der Waals surface area contributed by atoms with Crippen molar-refractivity contribution < 1.29 is 26.4 Å². The van der Waals surface area contributed by atoms with Gasteiger partial charge in [0.1, 0.15) is 6.04 Å². The van der Waals surface area contributed by atoms with Crippen LogP contribution in [0.3, 0.4) is 0 Å². The first-order valence-corrected chi connectivity index (χ1v) is 16.4. The summed E-state index contributed by atoms with van der Waals surface area (Å²) in [4.78, 5) is 14.1. The molecule has 2 aliphatic heterocycles. The Labute approximate surface area is 242 Å². The van der Waals surface area contributed by atoms with Gasteiger partial charge >= 0.3 is 0 Å². The van der Waals surface area contributed by atoms with E-state index in [9.17, 15) is 21.6 Å². The zero-order chi connectivity index (χ0) is 29.5. The van der Waals surface area contributed by atoms with Crippen molar-refractivity contribution in [2.75, 3.05) is 31.6 Å². The molecule has 218 valence electrons. The van der Waals surface area contributed by atoms with Crippen LogP contribution >= 0.6 is 0 Å². The minimum absolute atomic E-state index is 0.0495. The van der Waals surface area contributed by atoms with E-state index in [1.165, 1.54) is 20.7 Å². The summed E-state index contributed by atoms with van der Waals surface area (Å²) in [5.41, 5.74) is 5.07. The van der Waals surface area contributed by atoms with Crippen LogP contribution in [0.25, 0.3) is 0 Å². The Morgan fingerprint density at radius 3 is 2.12 bits per heavy atom. The van der Waals surface area contributed by atoms with Gasteiger partial charge in [-0.2, -0.15) is 8.61 Å². The van der Waals surface area contributed by atoms with Crippen LogP contribution in [0, 0.1) is 27.7 Å². The van der Waals surface area contributed by atoms with Crippen molar-refractivity contribution in [2.24, 2.45) is 0 Å². The maximum Gasteiger partial charge on any atom is 0.244 e. The zero-order valence-electron chi connectivity index (χ0n) is 23.7. The topological polar surface area (TPSA) is 113 Å². The molecule has 41 heavy (non-hydrogen) atoms. The van der Waals surface area contributed by atoms with Crippen LogP contribution < -0.4 is 5.32 Å². The molecule has 3 aromatic carbocycles. The SMILES string of the molecule is Cc1cc(C)c(C)c(S(=O)(=O)N2Cc3ccccc3CC2C(=O)Nc2cccc(S(=O)(=O)N3CCOCC3)c2)c1C. The summed E-state index contributed by atoms with van der Waals surface area (Å²) in [6, 6.07) is 14.5. The van der Waals surface area contributed by atoms with Crippen molar-refractivity contribution >= 4 is 31.6 Å². The highest BCUT2D eigenvalue weighted by atomic mass is 32.2. The number of anilines is 1. The minimum Gasteiger partial charge on any atom is -0.379 e. The summed E-state index contributed by atoms with van der Waals surface area (Å²) in [5.74, 6) is -0.524. The molecule has 0 aromatic heterocycles. The molecule has 0 bridgehead atoms. The van der Waals surface area contributed by atoms with Crippen molar-refractivity contribution in [1.82, 2.24) is 8.61 Å². The van der Waals surface area contributed by atoms with Crippen LogP contribution in [-0.2, 0) is 42.5 Å². The summed E-state index contributed by atoms with van der Waals surface area (Å²) in [7, 11) is -7.86. The second-order valence-electron chi connectivity index (χ2n) is 10.7. The Bertz CT molecular complexity index is 1690. The zero-order valence-corrected chi connectivity index (χ0v) is 25.3. The lowest BCUT2D eigenvalue weighted by Crippen LogP contribution is -2.50. The lowest BCUT2D eigenvalue weighted by molar-refractivity contribution is -0.120. The van der Waals surface area contributed by atoms with E-state index in [0.29, 0.717) is 24.3 Å². The number of hydrogen-bond acceptors (Lipinski definition) is 6. The van der Waals surface area contributed by atoms with Gasteiger partial charge < -0.3 is 10.1 Å². The number of hydrogen-bond donors (Lipinski definition) is 1. The summed E-state index contributed by atoms with van der Waals surface area (Å²) in [6.45, 7) is 8.56. The number of nitrogens with zero attached hydrogens (tertiary/aromatic N) is 2. The van der Waals surface area contributed by atoms with Crippen molar-refractivity contribution in [3.05, 3.63) is 88.0 Å². The summed E-state index contributed by atoms with van der Waals surface area (Å²) < 4.78 is 63.0. The molecule has 2 heterocycles. The van der Waals surface area contributed by atoms with E-state index >= 15 is 0 Å². The van der Waals surface area contributed by atoms with Gasteiger partial charge in [0.2, 0.25) is 26.0 Å². The first-order chi connectivity index (χ1) is 19.4. The van der Waals surface area contributed by atoms with Gasteiger partial charge in [0.05, 0.1) is 23.0 Å². The molecule has 1 amide bonds. The molecule has 11 heteroatoms. The number of carbonyl (C=O) groups is 1. The van der Waals surface area contributed by atoms with E-state index in [1.807, 2.05) is 44.2 Å². The average molecular weight is 598 g/mol. The molecule has 0 aliphatic carbocycles. The van der Waals surface area contributed by atoms with Gasteiger partial charge in [-0.15, -0.1) is 0 Å². The van der Waals surface area contributed by atoms with E-state index in [0.717, 1.165) is 22.3 Å². The Kier molecular flexibility index (Phi) is 8.10. The predicted octanol–water partition coefficient (Wildman–Crippen LogP) is 3.70. The number of nitrogens with one attached hydrogen (secondary N) is 1. The van der Waals surface area contributed by atoms with Crippen molar-refractivity contribution in [1.29, 1.82) is 0 Å². The maximum atomic E-state index is 14.3. The molecule has 0 radical (unpaired) electrons. The number of carbonyl (C=O) groups excluding carboxylic acids is 1. The van der Waals surface area contributed by atoms with Crippen molar-refractivity contribution in [2.45, 2.75) is 56.5 Å². The fourth-order valence-corrected chi connectivity index (χ4v) is 9.15. The number of rotatable bonds is 6. The summed E-state index contributed by atoms with van der Waals surface area (Å²) in [5, 5.41) is 2.81. The van der Waals surface area contributed by atoms with Crippen LogP contribution in [-0.4, -0.2) is 63.7 Å². The number of ether oxygens (including phenoxy) is 1. The molecular formula is C30H35N3O6S2. The molecule has 1 fully saturated rings. The van der Waals surface area contributed by atoms with Gasteiger partial charge in [-0.25, -0.2) is 16.8 Å². The number of sulfonamides is 2. The third kappa shape index (κ3) is 5.56. The first kappa shape index (κ1) is 29.4. The van der Waals surface area contributed by atoms with Crippen LogP contribution in [0.5, 0.6) is 0 Å². The molecule has 3 aromatic rings. The first-order valence-electron chi connectivity index (χ1n) is 13.6. The Balaban J connectivity index is 1.50. The van der Waals surface area contributed by atoms with E-state index < -0.39 is 32.0 Å².